The molecule has 0 aromatic carbocycles. The van der Waals surface area contributed by atoms with E-state index in [1.165, 1.54) is 20.0 Å². The van der Waals surface area contributed by atoms with Crippen molar-refractivity contribution in [1.29, 1.82) is 0 Å². The lowest BCUT2D eigenvalue weighted by molar-refractivity contribution is -0.00177. The summed E-state index contributed by atoms with van der Waals surface area (Å²) in [5.74, 6) is -0.508. The Morgan fingerprint density at radius 2 is 2.27 bits per heavy atom. The molecule has 1 heterocycles. The summed E-state index contributed by atoms with van der Waals surface area (Å²) in [6.07, 6.45) is 2.77. The fourth-order valence-corrected chi connectivity index (χ4v) is 3.22. The molecule has 0 aliphatic heterocycles. The number of hydrogen-bond donors (Lipinski definition) is 4. The van der Waals surface area contributed by atoms with Gasteiger partial charge >= 0.3 is 0 Å². The van der Waals surface area contributed by atoms with Crippen LogP contribution < -0.4 is 10.6 Å². The highest BCUT2D eigenvalue weighted by Gasteiger charge is 2.31. The molecule has 146 valence electrons. The predicted octanol–water partition coefficient (Wildman–Crippen LogP) is 2.68. The first-order valence-electron chi connectivity index (χ1n) is 8.77. The van der Waals surface area contributed by atoms with Gasteiger partial charge in [0, 0.05) is 12.2 Å². The summed E-state index contributed by atoms with van der Waals surface area (Å²) in [6, 6.07) is 1.54. The van der Waals surface area contributed by atoms with Crippen LogP contribution >= 0.6 is 11.6 Å². The normalized spacial score (nSPS) is 24.8. The minimum Gasteiger partial charge on any atom is -0.390 e. The molecule has 1 amide bonds. The van der Waals surface area contributed by atoms with Gasteiger partial charge in [0.1, 0.15) is 11.3 Å². The van der Waals surface area contributed by atoms with Crippen LogP contribution in [0.2, 0.25) is 5.15 Å². The van der Waals surface area contributed by atoms with Crippen LogP contribution in [0.15, 0.2) is 12.3 Å². The maximum Gasteiger partial charge on any atom is 0.255 e. The minimum atomic E-state index is -1.60. The lowest BCUT2D eigenvalue weighted by atomic mass is 9.83. The molecule has 1 fully saturated rings. The lowest BCUT2D eigenvalue weighted by Gasteiger charge is -2.35. The zero-order valence-electron chi connectivity index (χ0n) is 15.4. The van der Waals surface area contributed by atoms with Gasteiger partial charge in [-0.2, -0.15) is 0 Å². The highest BCUT2D eigenvalue weighted by Crippen LogP contribution is 2.31. The maximum atomic E-state index is 13.9. The Balaban J connectivity index is 2.10. The summed E-state index contributed by atoms with van der Waals surface area (Å²) in [5.41, 5.74) is -1.56. The Morgan fingerprint density at radius 3 is 2.88 bits per heavy atom. The molecule has 4 N–H and O–H groups in total. The second-order valence-electron chi connectivity index (χ2n) is 7.82. The molecule has 1 saturated carbocycles. The van der Waals surface area contributed by atoms with Crippen LogP contribution in [0.3, 0.4) is 0 Å². The van der Waals surface area contributed by atoms with E-state index in [1.54, 1.807) is 13.0 Å². The van der Waals surface area contributed by atoms with E-state index in [4.69, 9.17) is 11.6 Å². The van der Waals surface area contributed by atoms with Gasteiger partial charge in [-0.1, -0.05) is 11.6 Å². The third-order valence-corrected chi connectivity index (χ3v) is 4.84. The Bertz CT molecular complexity index is 649. The first-order chi connectivity index (χ1) is 12.0. The van der Waals surface area contributed by atoms with E-state index >= 15 is 0 Å². The number of nitrogens with one attached hydrogen (secondary N) is 2. The average Bonchev–Trinajstić information content (AvgIpc) is 2.50. The second-order valence-corrected chi connectivity index (χ2v) is 8.21. The molecular formula is C18H27ClFN3O3. The van der Waals surface area contributed by atoms with E-state index in [1.807, 2.05) is 0 Å². The molecule has 0 saturated heterocycles. The van der Waals surface area contributed by atoms with Crippen LogP contribution in [0, 0.1) is 0 Å². The summed E-state index contributed by atoms with van der Waals surface area (Å²) < 4.78 is 13.9. The van der Waals surface area contributed by atoms with Gasteiger partial charge in [-0.25, -0.2) is 9.37 Å². The number of nitrogens with zero attached hydrogens (tertiary/aromatic N) is 1. The Kier molecular flexibility index (Phi) is 6.47. The molecular weight excluding hydrogens is 361 g/mol. The molecule has 1 aromatic rings. The van der Waals surface area contributed by atoms with E-state index in [0.29, 0.717) is 12.1 Å². The molecule has 1 aromatic heterocycles. The molecule has 0 radical (unpaired) electrons. The molecule has 3 atom stereocenters. The van der Waals surface area contributed by atoms with E-state index in [9.17, 15) is 19.4 Å². The van der Waals surface area contributed by atoms with Crippen molar-refractivity contribution in [2.75, 3.05) is 11.9 Å². The van der Waals surface area contributed by atoms with Gasteiger partial charge in [0.2, 0.25) is 0 Å². The molecule has 1 aliphatic rings. The topological polar surface area (TPSA) is 94.5 Å². The zero-order valence-corrected chi connectivity index (χ0v) is 16.1. The summed E-state index contributed by atoms with van der Waals surface area (Å²) in [4.78, 5) is 16.4. The third-order valence-electron chi connectivity index (χ3n) is 4.64. The molecule has 8 heteroatoms. The number of pyridine rings is 1. The maximum absolute atomic E-state index is 13.9. The van der Waals surface area contributed by atoms with Crippen LogP contribution in [-0.2, 0) is 0 Å². The van der Waals surface area contributed by atoms with E-state index in [2.05, 4.69) is 15.6 Å². The monoisotopic (exact) mass is 387 g/mol. The summed E-state index contributed by atoms with van der Waals surface area (Å²) in [5, 5.41) is 25.8. The Morgan fingerprint density at radius 1 is 1.58 bits per heavy atom. The van der Waals surface area contributed by atoms with E-state index < -0.39 is 23.3 Å². The molecule has 26 heavy (non-hydrogen) atoms. The van der Waals surface area contributed by atoms with Gasteiger partial charge in [0.25, 0.3) is 5.91 Å². The van der Waals surface area contributed by atoms with Gasteiger partial charge in [0.15, 0.2) is 0 Å². The second kappa shape index (κ2) is 8.06. The number of amides is 1. The van der Waals surface area contributed by atoms with Crippen LogP contribution in [0.1, 0.15) is 56.8 Å². The van der Waals surface area contributed by atoms with Crippen LogP contribution in [-0.4, -0.2) is 51.1 Å². The van der Waals surface area contributed by atoms with Gasteiger partial charge in [0.05, 0.1) is 29.0 Å². The number of aliphatic hydroxyl groups is 2. The first kappa shape index (κ1) is 20.9. The van der Waals surface area contributed by atoms with Crippen molar-refractivity contribution in [1.82, 2.24) is 10.3 Å². The summed E-state index contributed by atoms with van der Waals surface area (Å²) >= 11 is 5.96. The number of hydrogen-bond acceptors (Lipinski definition) is 5. The number of carbonyl (C=O) groups excluding carboxylic acids is 1. The van der Waals surface area contributed by atoms with Gasteiger partial charge in [-0.05, 0) is 52.5 Å². The fraction of sp³-hybridized carbons (Fsp3) is 0.667. The summed E-state index contributed by atoms with van der Waals surface area (Å²) in [6.45, 7) is 4.17. The van der Waals surface area contributed by atoms with Crippen LogP contribution in [0.4, 0.5) is 10.1 Å². The number of halogens is 2. The highest BCUT2D eigenvalue weighted by atomic mass is 35.5. The highest BCUT2D eigenvalue weighted by molar-refractivity contribution is 6.29. The molecule has 0 bridgehead atoms. The van der Waals surface area contributed by atoms with Gasteiger partial charge in [-0.3, -0.25) is 4.79 Å². The van der Waals surface area contributed by atoms with Gasteiger partial charge in [-0.15, -0.1) is 0 Å². The standard InChI is InChI=1S/C18H27ClFN3O3/c1-17(2,25)14(20)10-22-16(24)12-9-21-15(19)7-13(12)23-11-5-4-6-18(3,26)8-11/h7,9,11,14,25-26H,4-6,8,10H2,1-3H3,(H,21,23)(H,22,24)/t11-,14?,18?/m0/s1. The third kappa shape index (κ3) is 5.79. The van der Waals surface area contributed by atoms with Crippen molar-refractivity contribution < 1.29 is 19.4 Å². The van der Waals surface area contributed by atoms with Crippen molar-refractivity contribution in [2.45, 2.75) is 69.9 Å². The van der Waals surface area contributed by atoms with Crippen molar-refractivity contribution in [2.24, 2.45) is 0 Å². The molecule has 6 nitrogen and oxygen atoms in total. The van der Waals surface area contributed by atoms with Crippen molar-refractivity contribution >= 4 is 23.2 Å². The Labute approximate surface area is 158 Å². The largest absolute Gasteiger partial charge is 0.390 e. The molecule has 1 aliphatic carbocycles. The van der Waals surface area contributed by atoms with Crippen LogP contribution in [0.5, 0.6) is 0 Å². The smallest absolute Gasteiger partial charge is 0.255 e. The van der Waals surface area contributed by atoms with Crippen molar-refractivity contribution in [3.63, 3.8) is 0 Å². The SMILES string of the molecule is CC1(O)CCC[C@H](Nc2cc(Cl)ncc2C(=O)NCC(F)C(C)(C)O)C1. The fourth-order valence-electron chi connectivity index (χ4n) is 3.06. The first-order valence-corrected chi connectivity index (χ1v) is 9.15. The average molecular weight is 388 g/mol. The number of aromatic nitrogens is 1. The number of rotatable bonds is 6. The van der Waals surface area contributed by atoms with Crippen LogP contribution in [0.25, 0.3) is 0 Å². The number of carbonyl (C=O) groups is 1. The van der Waals surface area contributed by atoms with E-state index in [0.717, 1.165) is 19.3 Å². The van der Waals surface area contributed by atoms with Crippen molar-refractivity contribution in [3.8, 4) is 0 Å². The zero-order chi connectivity index (χ0) is 19.5. The number of alkyl halides is 1. The predicted molar refractivity (Wildman–Crippen MR) is 99.3 cm³/mol. The van der Waals surface area contributed by atoms with Gasteiger partial charge < -0.3 is 20.8 Å². The molecule has 0 spiro atoms. The minimum absolute atomic E-state index is 0.00549. The van der Waals surface area contributed by atoms with Crippen molar-refractivity contribution in [3.05, 3.63) is 23.0 Å². The van der Waals surface area contributed by atoms with E-state index in [-0.39, 0.29) is 23.3 Å². The lowest BCUT2D eigenvalue weighted by Crippen LogP contribution is -2.42. The summed E-state index contributed by atoms with van der Waals surface area (Å²) in [7, 11) is 0. The quantitative estimate of drug-likeness (QED) is 0.563. The Hall–Kier alpha value is -1.44. The molecule has 2 rings (SSSR count). The molecule has 2 unspecified atom stereocenters. The number of anilines is 1.